The van der Waals surface area contributed by atoms with E-state index >= 15 is 0 Å². The van der Waals surface area contributed by atoms with Crippen molar-refractivity contribution in [3.8, 4) is 11.5 Å². The van der Waals surface area contributed by atoms with Gasteiger partial charge >= 0.3 is 6.09 Å². The number of hydrogen-bond acceptors (Lipinski definition) is 3. The third-order valence-electron chi connectivity index (χ3n) is 3.46. The molecular weight excluding hydrogens is 242 g/mol. The molecule has 1 aliphatic rings. The molecule has 2 rings (SSSR count). The van der Waals surface area contributed by atoms with Gasteiger partial charge in [-0.05, 0) is 44.7 Å². The van der Waals surface area contributed by atoms with Crippen LogP contribution in [0.15, 0.2) is 12.1 Å². The topological polar surface area (TPSA) is 47.6 Å². The van der Waals surface area contributed by atoms with Crippen LogP contribution in [0.5, 0.6) is 11.5 Å². The van der Waals surface area contributed by atoms with E-state index in [0.717, 1.165) is 25.0 Å². The van der Waals surface area contributed by atoms with Crippen molar-refractivity contribution in [2.75, 3.05) is 7.05 Å². The summed E-state index contributed by atoms with van der Waals surface area (Å²) in [5, 5.41) is 2.45. The fraction of sp³-hybridized carbons (Fsp3) is 0.533. The summed E-state index contributed by atoms with van der Waals surface area (Å²) in [6.07, 6.45) is 2.40. The lowest BCUT2D eigenvalue weighted by molar-refractivity contribution is 0.0801. The van der Waals surface area contributed by atoms with Gasteiger partial charge in [0.05, 0.1) is 0 Å². The predicted octanol–water partition coefficient (Wildman–Crippen LogP) is 3.07. The molecule has 0 unspecified atom stereocenters. The third kappa shape index (κ3) is 2.83. The number of amides is 1. The Bertz CT molecular complexity index is 494. The fourth-order valence-corrected chi connectivity index (χ4v) is 2.35. The minimum absolute atomic E-state index is 0.222. The van der Waals surface area contributed by atoms with Crippen molar-refractivity contribution in [3.05, 3.63) is 23.3 Å². The zero-order chi connectivity index (χ0) is 14.0. The van der Waals surface area contributed by atoms with E-state index in [9.17, 15) is 4.79 Å². The molecule has 104 valence electrons. The number of carbonyl (C=O) groups excluding carboxylic acids is 1. The van der Waals surface area contributed by atoms with Gasteiger partial charge in [0.2, 0.25) is 0 Å². The number of benzene rings is 1. The van der Waals surface area contributed by atoms with Crippen LogP contribution in [0.25, 0.3) is 0 Å². The van der Waals surface area contributed by atoms with Gasteiger partial charge in [-0.25, -0.2) is 4.79 Å². The molecule has 0 spiro atoms. The van der Waals surface area contributed by atoms with Gasteiger partial charge in [-0.15, -0.1) is 0 Å². The Morgan fingerprint density at radius 2 is 2.21 bits per heavy atom. The van der Waals surface area contributed by atoms with Gasteiger partial charge in [0.25, 0.3) is 0 Å². The molecule has 1 aromatic rings. The summed E-state index contributed by atoms with van der Waals surface area (Å²) in [5.74, 6) is 1.22. The lowest BCUT2D eigenvalue weighted by Gasteiger charge is -2.34. The number of hydrogen-bond donors (Lipinski definition) is 1. The van der Waals surface area contributed by atoms with Crippen LogP contribution in [0.4, 0.5) is 4.79 Å². The number of carbonyl (C=O) groups is 1. The van der Waals surface area contributed by atoms with Crippen LogP contribution in [0.2, 0.25) is 0 Å². The van der Waals surface area contributed by atoms with E-state index in [1.165, 1.54) is 11.1 Å². The predicted molar refractivity (Wildman–Crippen MR) is 73.9 cm³/mol. The molecule has 1 heterocycles. The van der Waals surface area contributed by atoms with Crippen molar-refractivity contribution in [2.24, 2.45) is 0 Å². The molecule has 0 saturated heterocycles. The van der Waals surface area contributed by atoms with Crippen LogP contribution in [0.3, 0.4) is 0 Å². The lowest BCUT2D eigenvalue weighted by Crippen LogP contribution is -2.33. The van der Waals surface area contributed by atoms with Crippen LogP contribution in [-0.4, -0.2) is 18.7 Å². The normalized spacial score (nSPS) is 16.2. The Hall–Kier alpha value is -1.71. The maximum atomic E-state index is 11.4. The standard InChI is InChI=1S/C15H21NO3/c1-5-10-6-7-12(18-14(17)16-4)13-11(10)8-9-15(2,3)19-13/h6-7H,5,8-9H2,1-4H3,(H,16,17). The second-order valence-electron chi connectivity index (χ2n) is 5.39. The van der Waals surface area contributed by atoms with Crippen molar-refractivity contribution in [1.29, 1.82) is 0 Å². The summed E-state index contributed by atoms with van der Waals surface area (Å²) in [5.41, 5.74) is 2.21. The van der Waals surface area contributed by atoms with Gasteiger partial charge < -0.3 is 14.8 Å². The van der Waals surface area contributed by atoms with E-state index in [2.05, 4.69) is 26.1 Å². The van der Waals surface area contributed by atoms with E-state index in [0.29, 0.717) is 5.75 Å². The number of ether oxygens (including phenoxy) is 2. The molecule has 0 aromatic heterocycles. The first-order valence-corrected chi connectivity index (χ1v) is 6.70. The highest BCUT2D eigenvalue weighted by Gasteiger charge is 2.30. The summed E-state index contributed by atoms with van der Waals surface area (Å²) in [7, 11) is 1.54. The average Bonchev–Trinajstić information content (AvgIpc) is 2.38. The molecule has 1 aliphatic heterocycles. The molecular formula is C15H21NO3. The highest BCUT2D eigenvalue weighted by molar-refractivity contribution is 5.71. The summed E-state index contributed by atoms with van der Waals surface area (Å²) < 4.78 is 11.3. The minimum atomic E-state index is -0.474. The summed E-state index contributed by atoms with van der Waals surface area (Å²) in [6, 6.07) is 3.83. The van der Waals surface area contributed by atoms with Crippen molar-refractivity contribution in [1.82, 2.24) is 5.32 Å². The van der Waals surface area contributed by atoms with Crippen molar-refractivity contribution < 1.29 is 14.3 Å². The number of fused-ring (bicyclic) bond motifs is 1. The van der Waals surface area contributed by atoms with Crippen molar-refractivity contribution in [3.63, 3.8) is 0 Å². The minimum Gasteiger partial charge on any atom is -0.484 e. The summed E-state index contributed by atoms with van der Waals surface area (Å²) >= 11 is 0. The van der Waals surface area contributed by atoms with Crippen molar-refractivity contribution >= 4 is 6.09 Å². The van der Waals surface area contributed by atoms with Crippen LogP contribution in [0, 0.1) is 0 Å². The highest BCUT2D eigenvalue weighted by atomic mass is 16.6. The Morgan fingerprint density at radius 3 is 2.84 bits per heavy atom. The van der Waals surface area contributed by atoms with E-state index in [1.807, 2.05) is 12.1 Å². The zero-order valence-corrected chi connectivity index (χ0v) is 12.0. The molecule has 0 bridgehead atoms. The molecule has 0 atom stereocenters. The van der Waals surface area contributed by atoms with E-state index in [1.54, 1.807) is 7.05 Å². The Labute approximate surface area is 114 Å². The van der Waals surface area contributed by atoms with Crippen LogP contribution in [0.1, 0.15) is 38.3 Å². The molecule has 19 heavy (non-hydrogen) atoms. The first kappa shape index (κ1) is 13.7. The first-order chi connectivity index (χ1) is 8.96. The highest BCUT2D eigenvalue weighted by Crippen LogP contribution is 2.42. The SMILES string of the molecule is CCc1ccc(OC(=O)NC)c2c1CCC(C)(C)O2. The molecule has 0 fully saturated rings. The van der Waals surface area contributed by atoms with Crippen LogP contribution >= 0.6 is 0 Å². The van der Waals surface area contributed by atoms with Crippen LogP contribution in [-0.2, 0) is 12.8 Å². The third-order valence-corrected chi connectivity index (χ3v) is 3.46. The van der Waals surface area contributed by atoms with Crippen LogP contribution < -0.4 is 14.8 Å². The Morgan fingerprint density at radius 1 is 1.47 bits per heavy atom. The molecule has 4 nitrogen and oxygen atoms in total. The zero-order valence-electron chi connectivity index (χ0n) is 12.0. The smallest absolute Gasteiger partial charge is 0.412 e. The Balaban J connectivity index is 2.43. The van der Waals surface area contributed by atoms with Gasteiger partial charge in [0, 0.05) is 12.6 Å². The monoisotopic (exact) mass is 263 g/mol. The number of nitrogens with one attached hydrogen (secondary N) is 1. The maximum absolute atomic E-state index is 11.4. The molecule has 4 heteroatoms. The molecule has 0 aliphatic carbocycles. The molecule has 1 N–H and O–H groups in total. The largest absolute Gasteiger partial charge is 0.484 e. The van der Waals surface area contributed by atoms with E-state index in [-0.39, 0.29) is 5.60 Å². The maximum Gasteiger partial charge on any atom is 0.412 e. The summed E-state index contributed by atoms with van der Waals surface area (Å²) in [6.45, 7) is 6.23. The van der Waals surface area contributed by atoms with Crippen molar-refractivity contribution in [2.45, 2.75) is 45.6 Å². The first-order valence-electron chi connectivity index (χ1n) is 6.70. The van der Waals surface area contributed by atoms with Gasteiger partial charge in [0.1, 0.15) is 5.60 Å². The Kier molecular flexibility index (Phi) is 3.69. The van der Waals surface area contributed by atoms with Gasteiger partial charge in [0.15, 0.2) is 11.5 Å². The molecule has 1 aromatic carbocycles. The summed E-state index contributed by atoms with van der Waals surface area (Å²) in [4.78, 5) is 11.4. The fourth-order valence-electron chi connectivity index (χ4n) is 2.35. The number of rotatable bonds is 2. The number of aryl methyl sites for hydroxylation is 1. The van der Waals surface area contributed by atoms with Gasteiger partial charge in [-0.1, -0.05) is 13.0 Å². The quantitative estimate of drug-likeness (QED) is 0.892. The lowest BCUT2D eigenvalue weighted by atomic mass is 9.90. The molecule has 0 saturated carbocycles. The van der Waals surface area contributed by atoms with E-state index in [4.69, 9.17) is 9.47 Å². The van der Waals surface area contributed by atoms with E-state index < -0.39 is 6.09 Å². The van der Waals surface area contributed by atoms with Gasteiger partial charge in [-0.2, -0.15) is 0 Å². The molecule has 0 radical (unpaired) electrons. The second kappa shape index (κ2) is 5.11. The van der Waals surface area contributed by atoms with Gasteiger partial charge in [-0.3, -0.25) is 0 Å². The second-order valence-corrected chi connectivity index (χ2v) is 5.39. The average molecular weight is 263 g/mol. The molecule has 1 amide bonds.